The highest BCUT2D eigenvalue weighted by Gasteiger charge is 2.32. The molecule has 0 bridgehead atoms. The number of halogens is 1. The first-order valence-corrected chi connectivity index (χ1v) is 10.1. The second-order valence-corrected chi connectivity index (χ2v) is 7.92. The summed E-state index contributed by atoms with van der Waals surface area (Å²) in [4.78, 5) is 5.13. The lowest BCUT2D eigenvalue weighted by Crippen LogP contribution is -2.57. The second kappa shape index (κ2) is 9.72. The van der Waals surface area contributed by atoms with Crippen LogP contribution >= 0.6 is 11.6 Å². The molecule has 1 aromatic carbocycles. The van der Waals surface area contributed by atoms with Crippen LogP contribution in [0.4, 0.5) is 0 Å². The number of nitrogens with zero attached hydrogens (tertiary/aromatic N) is 2. The zero-order chi connectivity index (χ0) is 17.5. The third-order valence-electron chi connectivity index (χ3n) is 5.62. The van der Waals surface area contributed by atoms with E-state index in [2.05, 4.69) is 28.0 Å². The standard InChI is InChI=1S/C21H31ClN2O/c22-19(15-18-7-3-1-4-8-18)16-23-12-13-24(21(17-23)11-14-25)20-9-5-2-6-10-20/h1,3-4,7-8,15,20-21,25H,2,5-6,9-14,16-17H2/b19-15-/t21-/m0/s1. The molecule has 1 aliphatic carbocycles. The number of benzene rings is 1. The molecule has 138 valence electrons. The summed E-state index contributed by atoms with van der Waals surface area (Å²) in [6, 6.07) is 11.4. The Labute approximate surface area is 157 Å². The number of hydrogen-bond acceptors (Lipinski definition) is 3. The lowest BCUT2D eigenvalue weighted by molar-refractivity contribution is 0.0203. The first-order chi connectivity index (χ1) is 12.3. The summed E-state index contributed by atoms with van der Waals surface area (Å²) in [6.07, 6.45) is 9.71. The Morgan fingerprint density at radius 1 is 1.12 bits per heavy atom. The van der Waals surface area contributed by atoms with Crippen molar-refractivity contribution in [2.45, 2.75) is 50.6 Å². The Morgan fingerprint density at radius 3 is 2.60 bits per heavy atom. The van der Waals surface area contributed by atoms with Crippen LogP contribution in [0.25, 0.3) is 6.08 Å². The van der Waals surface area contributed by atoms with E-state index < -0.39 is 0 Å². The highest BCUT2D eigenvalue weighted by Crippen LogP contribution is 2.27. The van der Waals surface area contributed by atoms with Gasteiger partial charge in [0.15, 0.2) is 0 Å². The third-order valence-corrected chi connectivity index (χ3v) is 5.84. The maximum absolute atomic E-state index is 9.52. The molecule has 2 aliphatic rings. The number of piperazine rings is 1. The van der Waals surface area contributed by atoms with Gasteiger partial charge in [-0.05, 0) is 30.9 Å². The van der Waals surface area contributed by atoms with Crippen LogP contribution < -0.4 is 0 Å². The van der Waals surface area contributed by atoms with Crippen molar-refractivity contribution in [1.29, 1.82) is 0 Å². The molecule has 0 spiro atoms. The van der Waals surface area contributed by atoms with Gasteiger partial charge in [0.25, 0.3) is 0 Å². The molecule has 0 unspecified atom stereocenters. The molecule has 0 amide bonds. The minimum atomic E-state index is 0.273. The van der Waals surface area contributed by atoms with Crippen molar-refractivity contribution >= 4 is 17.7 Å². The predicted octanol–water partition coefficient (Wildman–Crippen LogP) is 3.97. The van der Waals surface area contributed by atoms with Crippen molar-refractivity contribution in [1.82, 2.24) is 9.80 Å². The normalized spacial score (nSPS) is 24.6. The number of aliphatic hydroxyl groups excluding tert-OH is 1. The maximum Gasteiger partial charge on any atom is 0.0446 e. The Kier molecular flexibility index (Phi) is 7.35. The Hall–Kier alpha value is -0.870. The summed E-state index contributed by atoms with van der Waals surface area (Å²) in [5, 5.41) is 10.4. The van der Waals surface area contributed by atoms with Crippen molar-refractivity contribution in [3.05, 3.63) is 40.9 Å². The molecule has 1 saturated carbocycles. The maximum atomic E-state index is 9.52. The van der Waals surface area contributed by atoms with Crippen LogP contribution in [0, 0.1) is 0 Å². The highest BCUT2D eigenvalue weighted by molar-refractivity contribution is 6.31. The fraction of sp³-hybridized carbons (Fsp3) is 0.619. The zero-order valence-corrected chi connectivity index (χ0v) is 15.9. The SMILES string of the molecule is OCC[C@H]1CN(C/C(Cl)=C/c2ccccc2)CCN1C1CCCCC1. The monoisotopic (exact) mass is 362 g/mol. The van der Waals surface area contributed by atoms with Crippen molar-refractivity contribution in [3.8, 4) is 0 Å². The molecule has 1 N–H and O–H groups in total. The van der Waals surface area contributed by atoms with Crippen LogP contribution in [-0.2, 0) is 0 Å². The summed E-state index contributed by atoms with van der Waals surface area (Å²) in [7, 11) is 0. The lowest BCUT2D eigenvalue weighted by Gasteiger charge is -2.46. The molecule has 2 fully saturated rings. The molecule has 1 aliphatic heterocycles. The van der Waals surface area contributed by atoms with Gasteiger partial charge in [0.2, 0.25) is 0 Å². The number of hydrogen-bond donors (Lipinski definition) is 1. The van der Waals surface area contributed by atoms with E-state index in [1.165, 1.54) is 32.1 Å². The minimum absolute atomic E-state index is 0.273. The summed E-state index contributed by atoms with van der Waals surface area (Å²) < 4.78 is 0. The van der Waals surface area contributed by atoms with Gasteiger partial charge in [-0.15, -0.1) is 0 Å². The van der Waals surface area contributed by atoms with Crippen LogP contribution in [-0.4, -0.2) is 59.8 Å². The second-order valence-electron chi connectivity index (χ2n) is 7.43. The van der Waals surface area contributed by atoms with E-state index in [1.807, 2.05) is 18.2 Å². The molecular formula is C21H31ClN2O. The number of aliphatic hydroxyl groups is 1. The average Bonchev–Trinajstić information content (AvgIpc) is 2.64. The molecular weight excluding hydrogens is 332 g/mol. The molecule has 25 heavy (non-hydrogen) atoms. The highest BCUT2D eigenvalue weighted by atomic mass is 35.5. The van der Waals surface area contributed by atoms with Gasteiger partial charge in [0.1, 0.15) is 0 Å². The van der Waals surface area contributed by atoms with E-state index in [9.17, 15) is 5.11 Å². The average molecular weight is 363 g/mol. The van der Waals surface area contributed by atoms with E-state index in [0.29, 0.717) is 6.04 Å². The van der Waals surface area contributed by atoms with Crippen molar-refractivity contribution in [2.24, 2.45) is 0 Å². The van der Waals surface area contributed by atoms with Gasteiger partial charge in [0, 0.05) is 49.9 Å². The largest absolute Gasteiger partial charge is 0.396 e. The molecule has 0 aromatic heterocycles. The van der Waals surface area contributed by atoms with E-state index in [4.69, 9.17) is 11.6 Å². The smallest absolute Gasteiger partial charge is 0.0446 e. The molecule has 1 heterocycles. The van der Waals surface area contributed by atoms with E-state index >= 15 is 0 Å². The Balaban J connectivity index is 1.58. The van der Waals surface area contributed by atoms with Crippen LogP contribution in [0.1, 0.15) is 44.1 Å². The van der Waals surface area contributed by atoms with Crippen LogP contribution in [0.5, 0.6) is 0 Å². The minimum Gasteiger partial charge on any atom is -0.396 e. The fourth-order valence-corrected chi connectivity index (χ4v) is 4.66. The van der Waals surface area contributed by atoms with Crippen LogP contribution in [0.15, 0.2) is 35.4 Å². The van der Waals surface area contributed by atoms with Crippen molar-refractivity contribution in [3.63, 3.8) is 0 Å². The van der Waals surface area contributed by atoms with Crippen LogP contribution in [0.3, 0.4) is 0 Å². The van der Waals surface area contributed by atoms with Crippen LogP contribution in [0.2, 0.25) is 0 Å². The Morgan fingerprint density at radius 2 is 1.88 bits per heavy atom. The lowest BCUT2D eigenvalue weighted by atomic mass is 9.92. The fourth-order valence-electron chi connectivity index (χ4n) is 4.37. The van der Waals surface area contributed by atoms with E-state index in [1.54, 1.807) is 0 Å². The van der Waals surface area contributed by atoms with Crippen molar-refractivity contribution < 1.29 is 5.11 Å². The van der Waals surface area contributed by atoms with Gasteiger partial charge in [-0.2, -0.15) is 0 Å². The first kappa shape index (κ1) is 18.9. The predicted molar refractivity (Wildman–Crippen MR) is 106 cm³/mol. The van der Waals surface area contributed by atoms with Gasteiger partial charge in [-0.1, -0.05) is 61.2 Å². The zero-order valence-electron chi connectivity index (χ0n) is 15.1. The van der Waals surface area contributed by atoms with E-state index in [-0.39, 0.29) is 6.61 Å². The molecule has 1 atom stereocenters. The molecule has 3 nitrogen and oxygen atoms in total. The number of rotatable bonds is 6. The molecule has 1 aromatic rings. The first-order valence-electron chi connectivity index (χ1n) is 9.76. The molecule has 1 saturated heterocycles. The van der Waals surface area contributed by atoms with E-state index in [0.717, 1.165) is 49.2 Å². The molecule has 4 heteroatoms. The summed E-state index contributed by atoms with van der Waals surface area (Å²) >= 11 is 6.51. The summed E-state index contributed by atoms with van der Waals surface area (Å²) in [5.41, 5.74) is 1.15. The van der Waals surface area contributed by atoms with Gasteiger partial charge in [-0.3, -0.25) is 9.80 Å². The van der Waals surface area contributed by atoms with Gasteiger partial charge in [0.05, 0.1) is 0 Å². The van der Waals surface area contributed by atoms with Crippen molar-refractivity contribution in [2.75, 3.05) is 32.8 Å². The van der Waals surface area contributed by atoms with Gasteiger partial charge in [-0.25, -0.2) is 0 Å². The third kappa shape index (κ3) is 5.55. The van der Waals surface area contributed by atoms with Gasteiger partial charge < -0.3 is 5.11 Å². The Bertz CT molecular complexity index is 542. The summed E-state index contributed by atoms with van der Waals surface area (Å²) in [5.74, 6) is 0. The molecule has 0 radical (unpaired) electrons. The quantitative estimate of drug-likeness (QED) is 0.829. The topological polar surface area (TPSA) is 26.7 Å². The molecule has 3 rings (SSSR count). The summed E-state index contributed by atoms with van der Waals surface area (Å²) in [6.45, 7) is 4.25. The van der Waals surface area contributed by atoms with Gasteiger partial charge >= 0.3 is 0 Å².